The Balaban J connectivity index is 1.96. The van der Waals surface area contributed by atoms with E-state index in [4.69, 9.17) is 0 Å². The van der Waals surface area contributed by atoms with E-state index in [1.807, 2.05) is 25.1 Å². The smallest absolute Gasteiger partial charge is 0.258 e. The molecule has 0 bridgehead atoms. The number of nitrogens with zero attached hydrogens (tertiary/aromatic N) is 2. The molecule has 7 heteroatoms. The molecule has 0 saturated carbocycles. The zero-order valence-electron chi connectivity index (χ0n) is 14.9. The summed E-state index contributed by atoms with van der Waals surface area (Å²) in [5, 5.41) is 0. The van der Waals surface area contributed by atoms with Gasteiger partial charge in [-0.1, -0.05) is 22.0 Å². The van der Waals surface area contributed by atoms with E-state index in [0.717, 1.165) is 22.1 Å². The van der Waals surface area contributed by atoms with E-state index in [1.165, 1.54) is 11.4 Å². The highest BCUT2D eigenvalue weighted by Gasteiger charge is 2.32. The first-order valence-electron chi connectivity index (χ1n) is 8.43. The molecule has 1 unspecified atom stereocenters. The Kier molecular flexibility index (Phi) is 5.12. The van der Waals surface area contributed by atoms with Gasteiger partial charge in [-0.05, 0) is 62.2 Å². The minimum Gasteiger partial charge on any atom is -0.305 e. The molecule has 1 aliphatic rings. The van der Waals surface area contributed by atoms with Crippen molar-refractivity contribution in [2.45, 2.75) is 26.3 Å². The predicted molar refractivity (Wildman–Crippen MR) is 108 cm³/mol. The third-order valence-electron chi connectivity index (χ3n) is 4.71. The number of hydrogen-bond donors (Lipinski definition) is 0. The maximum absolute atomic E-state index is 13.1. The molecule has 0 aliphatic carbocycles. The number of benzene rings is 2. The molecule has 0 fully saturated rings. The number of anilines is 2. The lowest BCUT2D eigenvalue weighted by molar-refractivity contribution is 0.0981. The van der Waals surface area contributed by atoms with Crippen LogP contribution in [-0.2, 0) is 16.4 Å². The van der Waals surface area contributed by atoms with E-state index in [2.05, 4.69) is 15.9 Å². The Labute approximate surface area is 162 Å². The number of halogens is 1. The highest BCUT2D eigenvalue weighted by molar-refractivity contribution is 9.10. The maximum atomic E-state index is 13.1. The summed E-state index contributed by atoms with van der Waals surface area (Å²) < 4.78 is 26.4. The van der Waals surface area contributed by atoms with Crippen LogP contribution in [0.3, 0.4) is 0 Å². The highest BCUT2D eigenvalue weighted by Crippen LogP contribution is 2.35. The molecule has 2 aromatic rings. The first-order valence-corrected chi connectivity index (χ1v) is 10.8. The van der Waals surface area contributed by atoms with Gasteiger partial charge in [0.2, 0.25) is 10.0 Å². The minimum atomic E-state index is -3.37. The summed E-state index contributed by atoms with van der Waals surface area (Å²) in [6.07, 6.45) is 0.796. The maximum Gasteiger partial charge on any atom is 0.258 e. The van der Waals surface area contributed by atoms with Crippen LogP contribution in [-0.4, -0.2) is 33.2 Å². The van der Waals surface area contributed by atoms with Crippen molar-refractivity contribution in [3.63, 3.8) is 0 Å². The van der Waals surface area contributed by atoms with Gasteiger partial charge in [0, 0.05) is 28.8 Å². The normalized spacial score (nSPS) is 16.5. The van der Waals surface area contributed by atoms with E-state index in [9.17, 15) is 13.2 Å². The quantitative estimate of drug-likeness (QED) is 0.731. The third-order valence-corrected chi connectivity index (χ3v) is 6.98. The van der Waals surface area contributed by atoms with Gasteiger partial charge in [0.1, 0.15) is 0 Å². The van der Waals surface area contributed by atoms with Crippen LogP contribution in [0.5, 0.6) is 0 Å². The minimum absolute atomic E-state index is 0.00703. The Hall–Kier alpha value is -1.86. The van der Waals surface area contributed by atoms with E-state index in [0.29, 0.717) is 11.3 Å². The van der Waals surface area contributed by atoms with Crippen LogP contribution in [0.25, 0.3) is 0 Å². The predicted octanol–water partition coefficient (Wildman–Crippen LogP) is 3.83. The summed E-state index contributed by atoms with van der Waals surface area (Å²) in [6.45, 7) is 3.62. The largest absolute Gasteiger partial charge is 0.305 e. The molecule has 1 aliphatic heterocycles. The van der Waals surface area contributed by atoms with Crippen molar-refractivity contribution >= 4 is 43.2 Å². The number of hydrogen-bond acceptors (Lipinski definition) is 3. The Morgan fingerprint density at radius 1 is 1.27 bits per heavy atom. The summed E-state index contributed by atoms with van der Waals surface area (Å²) in [6, 6.07) is 12.7. The third kappa shape index (κ3) is 3.38. The van der Waals surface area contributed by atoms with Crippen molar-refractivity contribution in [3.8, 4) is 0 Å². The number of amides is 1. The van der Waals surface area contributed by atoms with Gasteiger partial charge >= 0.3 is 0 Å². The fraction of sp³-hybridized carbons (Fsp3) is 0.316. The molecular formula is C19H21BrN2O3S. The monoisotopic (exact) mass is 436 g/mol. The second-order valence-corrected chi connectivity index (χ2v) is 9.62. The van der Waals surface area contributed by atoms with Crippen molar-refractivity contribution in [2.75, 3.05) is 22.0 Å². The zero-order chi connectivity index (χ0) is 19.1. The van der Waals surface area contributed by atoms with Crippen molar-refractivity contribution in [2.24, 2.45) is 0 Å². The van der Waals surface area contributed by atoms with Crippen LogP contribution >= 0.6 is 15.9 Å². The lowest BCUT2D eigenvalue weighted by Crippen LogP contribution is -2.36. The van der Waals surface area contributed by atoms with Crippen molar-refractivity contribution in [1.82, 2.24) is 0 Å². The topological polar surface area (TPSA) is 57.7 Å². The van der Waals surface area contributed by atoms with E-state index in [1.54, 1.807) is 36.1 Å². The van der Waals surface area contributed by atoms with Crippen LogP contribution in [0, 0.1) is 0 Å². The van der Waals surface area contributed by atoms with E-state index < -0.39 is 10.0 Å². The van der Waals surface area contributed by atoms with Crippen LogP contribution in [0.15, 0.2) is 46.9 Å². The summed E-state index contributed by atoms with van der Waals surface area (Å²) in [4.78, 5) is 14.9. The molecule has 0 spiro atoms. The standard InChI is InChI=1S/C19H21BrN2O3S/c1-4-26(24,25)21(3)17-7-5-6-14(12-17)19(23)22-13(2)10-15-11-16(20)8-9-18(15)22/h5-9,11-13H,4,10H2,1-3H3. The molecule has 0 N–H and O–H groups in total. The van der Waals surface area contributed by atoms with Gasteiger partial charge in [-0.3, -0.25) is 9.10 Å². The molecule has 5 nitrogen and oxygen atoms in total. The molecule has 1 heterocycles. The molecule has 0 saturated heterocycles. The van der Waals surface area contributed by atoms with Crippen LogP contribution < -0.4 is 9.21 Å². The summed E-state index contributed by atoms with van der Waals surface area (Å²) in [5.41, 5.74) is 3.00. The second kappa shape index (κ2) is 7.04. The lowest BCUT2D eigenvalue weighted by Gasteiger charge is -2.24. The van der Waals surface area contributed by atoms with Gasteiger partial charge in [-0.15, -0.1) is 0 Å². The number of rotatable bonds is 4. The molecule has 3 rings (SSSR count). The van der Waals surface area contributed by atoms with E-state index >= 15 is 0 Å². The van der Waals surface area contributed by atoms with Crippen LogP contribution in [0.1, 0.15) is 29.8 Å². The van der Waals surface area contributed by atoms with Crippen molar-refractivity contribution in [1.29, 1.82) is 0 Å². The Morgan fingerprint density at radius 3 is 2.69 bits per heavy atom. The van der Waals surface area contributed by atoms with Gasteiger partial charge in [-0.25, -0.2) is 8.42 Å². The average Bonchev–Trinajstić information content (AvgIpc) is 2.95. The lowest BCUT2D eigenvalue weighted by atomic mass is 10.1. The number of sulfonamides is 1. The van der Waals surface area contributed by atoms with Gasteiger partial charge in [-0.2, -0.15) is 0 Å². The fourth-order valence-electron chi connectivity index (χ4n) is 3.24. The zero-order valence-corrected chi connectivity index (χ0v) is 17.3. The molecular weight excluding hydrogens is 416 g/mol. The Bertz CT molecular complexity index is 959. The van der Waals surface area contributed by atoms with E-state index in [-0.39, 0.29) is 17.7 Å². The number of carbonyl (C=O) groups excluding carboxylic acids is 1. The average molecular weight is 437 g/mol. The molecule has 2 aromatic carbocycles. The molecule has 1 amide bonds. The first kappa shape index (κ1) is 18.9. The van der Waals surface area contributed by atoms with Crippen LogP contribution in [0.2, 0.25) is 0 Å². The Morgan fingerprint density at radius 2 is 2.00 bits per heavy atom. The number of fused-ring (bicyclic) bond motifs is 1. The fourth-order valence-corrected chi connectivity index (χ4v) is 4.47. The molecule has 138 valence electrons. The number of carbonyl (C=O) groups is 1. The highest BCUT2D eigenvalue weighted by atomic mass is 79.9. The summed E-state index contributed by atoms with van der Waals surface area (Å²) >= 11 is 3.47. The second-order valence-electron chi connectivity index (χ2n) is 6.42. The van der Waals surface area contributed by atoms with Gasteiger partial charge in [0.15, 0.2) is 0 Å². The van der Waals surface area contributed by atoms with Crippen molar-refractivity contribution in [3.05, 3.63) is 58.1 Å². The van der Waals surface area contributed by atoms with Crippen molar-refractivity contribution < 1.29 is 13.2 Å². The SMILES string of the molecule is CCS(=O)(=O)N(C)c1cccc(C(=O)N2c3ccc(Br)cc3CC2C)c1. The van der Waals surface area contributed by atoms with Crippen LogP contribution in [0.4, 0.5) is 11.4 Å². The molecule has 1 atom stereocenters. The van der Waals surface area contributed by atoms with Gasteiger partial charge in [0.05, 0.1) is 11.4 Å². The molecule has 26 heavy (non-hydrogen) atoms. The molecule has 0 radical (unpaired) electrons. The summed E-state index contributed by atoms with van der Waals surface area (Å²) in [7, 11) is -1.87. The van der Waals surface area contributed by atoms with Gasteiger partial charge < -0.3 is 4.90 Å². The first-order chi connectivity index (χ1) is 12.2. The summed E-state index contributed by atoms with van der Waals surface area (Å²) in [5.74, 6) is -0.115. The molecule has 0 aromatic heterocycles. The van der Waals surface area contributed by atoms with Gasteiger partial charge in [0.25, 0.3) is 5.91 Å².